The van der Waals surface area contributed by atoms with Gasteiger partial charge in [0, 0.05) is 15.1 Å². The lowest BCUT2D eigenvalue weighted by Gasteiger charge is -2.36. The molecule has 108 valence electrons. The maximum Gasteiger partial charge on any atom is 0.226 e. The Kier molecular flexibility index (Phi) is 4.22. The molecule has 1 aliphatic rings. The van der Waals surface area contributed by atoms with Crippen LogP contribution in [0.5, 0.6) is 0 Å². The summed E-state index contributed by atoms with van der Waals surface area (Å²) in [6, 6.07) is 5.53. The lowest BCUT2D eigenvalue weighted by Crippen LogP contribution is -2.53. The maximum absolute atomic E-state index is 6.12. The van der Waals surface area contributed by atoms with E-state index in [1.807, 2.05) is 26.0 Å². The number of aliphatic imine (C=N–C) groups is 2. The summed E-state index contributed by atoms with van der Waals surface area (Å²) >= 11 is 9.51. The Morgan fingerprint density at radius 2 is 2.10 bits per heavy atom. The molecule has 0 unspecified atom stereocenters. The van der Waals surface area contributed by atoms with Crippen LogP contribution in [0.25, 0.3) is 0 Å². The molecule has 0 amide bonds. The quantitative estimate of drug-likeness (QED) is 0.865. The topological polar surface area (TPSA) is 89.2 Å². The molecular weight excluding hydrogens is 346 g/mol. The second-order valence-electron chi connectivity index (χ2n) is 4.74. The average Bonchev–Trinajstić information content (AvgIpc) is 2.31. The van der Waals surface area contributed by atoms with Crippen LogP contribution in [0.1, 0.15) is 19.4 Å². The minimum atomic E-state index is -0.728. The smallest absolute Gasteiger partial charge is 0.226 e. The molecule has 1 heterocycles. The van der Waals surface area contributed by atoms with Crippen molar-refractivity contribution in [2.45, 2.75) is 26.1 Å². The SMILES string of the molecule is CC1(C)N=C(N)N=C(N)N1OCc1cc(Br)ccc1Cl. The van der Waals surface area contributed by atoms with E-state index in [0.717, 1.165) is 10.0 Å². The predicted octanol–water partition coefficient (Wildman–Crippen LogP) is 2.22. The summed E-state index contributed by atoms with van der Waals surface area (Å²) in [7, 11) is 0. The molecule has 8 heteroatoms. The van der Waals surface area contributed by atoms with Crippen LogP contribution in [0.15, 0.2) is 32.7 Å². The highest BCUT2D eigenvalue weighted by Gasteiger charge is 2.33. The number of rotatable bonds is 3. The first-order valence-electron chi connectivity index (χ1n) is 5.86. The molecule has 2 rings (SSSR count). The Morgan fingerprint density at radius 1 is 1.40 bits per heavy atom. The van der Waals surface area contributed by atoms with Gasteiger partial charge < -0.3 is 11.5 Å². The molecule has 20 heavy (non-hydrogen) atoms. The number of hydrogen-bond donors (Lipinski definition) is 2. The van der Waals surface area contributed by atoms with Gasteiger partial charge in [0.25, 0.3) is 0 Å². The molecule has 0 aromatic heterocycles. The van der Waals surface area contributed by atoms with E-state index in [9.17, 15) is 0 Å². The molecule has 0 atom stereocenters. The third kappa shape index (κ3) is 3.23. The lowest BCUT2D eigenvalue weighted by molar-refractivity contribution is -0.166. The van der Waals surface area contributed by atoms with E-state index >= 15 is 0 Å². The van der Waals surface area contributed by atoms with Gasteiger partial charge in [-0.25, -0.2) is 4.99 Å². The van der Waals surface area contributed by atoms with Crippen molar-refractivity contribution in [3.8, 4) is 0 Å². The van der Waals surface area contributed by atoms with Crippen molar-refractivity contribution in [1.29, 1.82) is 0 Å². The van der Waals surface area contributed by atoms with Gasteiger partial charge in [-0.05, 0) is 32.0 Å². The van der Waals surface area contributed by atoms with E-state index in [1.54, 1.807) is 6.07 Å². The fourth-order valence-electron chi connectivity index (χ4n) is 1.81. The summed E-state index contributed by atoms with van der Waals surface area (Å²) in [5.74, 6) is 0.293. The molecule has 0 fully saturated rings. The van der Waals surface area contributed by atoms with Crippen molar-refractivity contribution in [2.24, 2.45) is 21.5 Å². The van der Waals surface area contributed by atoms with Gasteiger partial charge in [0.15, 0.2) is 5.66 Å². The standard InChI is InChI=1S/C12H15BrClN5O/c1-12(2)18-10(15)17-11(16)19(12)20-6-7-5-8(13)3-4-9(7)14/h3-5H,6H2,1-2H3,(H4,15,16,17,18). The van der Waals surface area contributed by atoms with Crippen molar-refractivity contribution in [3.05, 3.63) is 33.3 Å². The van der Waals surface area contributed by atoms with Crippen LogP contribution in [0, 0.1) is 0 Å². The van der Waals surface area contributed by atoms with Crippen molar-refractivity contribution in [3.63, 3.8) is 0 Å². The van der Waals surface area contributed by atoms with Crippen LogP contribution in [0.4, 0.5) is 0 Å². The molecule has 0 aliphatic carbocycles. The van der Waals surface area contributed by atoms with Crippen molar-refractivity contribution >= 4 is 39.4 Å². The molecule has 0 saturated carbocycles. The van der Waals surface area contributed by atoms with Crippen LogP contribution in [0.2, 0.25) is 5.02 Å². The third-order valence-corrected chi connectivity index (χ3v) is 3.54. The number of guanidine groups is 2. The van der Waals surface area contributed by atoms with E-state index in [0.29, 0.717) is 5.02 Å². The average molecular weight is 361 g/mol. The van der Waals surface area contributed by atoms with E-state index in [1.165, 1.54) is 5.06 Å². The van der Waals surface area contributed by atoms with E-state index in [2.05, 4.69) is 25.9 Å². The van der Waals surface area contributed by atoms with E-state index in [4.69, 9.17) is 27.9 Å². The Labute approximate surface area is 130 Å². The van der Waals surface area contributed by atoms with Gasteiger partial charge in [-0.15, -0.1) is 0 Å². The normalized spacial score (nSPS) is 17.7. The maximum atomic E-state index is 6.12. The van der Waals surface area contributed by atoms with Crippen molar-refractivity contribution < 1.29 is 4.84 Å². The first-order chi connectivity index (χ1) is 9.29. The highest BCUT2D eigenvalue weighted by molar-refractivity contribution is 9.10. The number of nitrogens with two attached hydrogens (primary N) is 2. The summed E-state index contributed by atoms with van der Waals surface area (Å²) in [4.78, 5) is 13.8. The number of halogens is 2. The van der Waals surface area contributed by atoms with Crippen LogP contribution >= 0.6 is 27.5 Å². The molecule has 4 N–H and O–H groups in total. The van der Waals surface area contributed by atoms with Crippen LogP contribution < -0.4 is 11.5 Å². The second kappa shape index (κ2) is 5.59. The van der Waals surface area contributed by atoms with Gasteiger partial charge in [-0.1, -0.05) is 27.5 Å². The first-order valence-corrected chi connectivity index (χ1v) is 7.03. The van der Waals surface area contributed by atoms with Gasteiger partial charge in [0.1, 0.15) is 6.61 Å². The minimum absolute atomic E-state index is 0.132. The Morgan fingerprint density at radius 3 is 2.75 bits per heavy atom. The molecule has 0 bridgehead atoms. The number of hydrogen-bond acceptors (Lipinski definition) is 6. The fraction of sp³-hybridized carbons (Fsp3) is 0.333. The molecular formula is C12H15BrClN5O. The van der Waals surface area contributed by atoms with Crippen molar-refractivity contribution in [2.75, 3.05) is 0 Å². The molecule has 0 saturated heterocycles. The molecule has 6 nitrogen and oxygen atoms in total. The zero-order chi connectivity index (χ0) is 14.9. The number of hydroxylamine groups is 2. The van der Waals surface area contributed by atoms with Crippen LogP contribution in [-0.4, -0.2) is 22.6 Å². The second-order valence-corrected chi connectivity index (χ2v) is 6.06. The van der Waals surface area contributed by atoms with Gasteiger partial charge in [-0.2, -0.15) is 10.1 Å². The Hall–Kier alpha value is -1.31. The Bertz CT molecular complexity index is 587. The van der Waals surface area contributed by atoms with Crippen molar-refractivity contribution in [1.82, 2.24) is 5.06 Å². The number of nitrogens with zero attached hydrogens (tertiary/aromatic N) is 3. The lowest BCUT2D eigenvalue weighted by atomic mass is 10.2. The number of benzene rings is 1. The molecule has 1 aromatic rings. The van der Waals surface area contributed by atoms with Gasteiger partial charge in [-0.3, -0.25) is 4.84 Å². The van der Waals surface area contributed by atoms with Gasteiger partial charge in [0.05, 0.1) is 0 Å². The first kappa shape index (κ1) is 15.1. The minimum Gasteiger partial charge on any atom is -0.368 e. The Balaban J connectivity index is 2.15. The zero-order valence-corrected chi connectivity index (χ0v) is 13.4. The summed E-state index contributed by atoms with van der Waals surface area (Å²) in [5, 5.41) is 2.03. The third-order valence-electron chi connectivity index (χ3n) is 2.68. The van der Waals surface area contributed by atoms with Crippen LogP contribution in [-0.2, 0) is 11.4 Å². The summed E-state index contributed by atoms with van der Waals surface area (Å²) in [6.07, 6.45) is 0. The fourth-order valence-corrected chi connectivity index (χ4v) is 2.39. The molecule has 0 spiro atoms. The highest BCUT2D eigenvalue weighted by Crippen LogP contribution is 2.25. The zero-order valence-electron chi connectivity index (χ0n) is 11.1. The summed E-state index contributed by atoms with van der Waals surface area (Å²) < 4.78 is 0.919. The predicted molar refractivity (Wildman–Crippen MR) is 83.1 cm³/mol. The van der Waals surface area contributed by atoms with Gasteiger partial charge in [0.2, 0.25) is 11.9 Å². The largest absolute Gasteiger partial charge is 0.368 e. The van der Waals surface area contributed by atoms with E-state index in [-0.39, 0.29) is 18.5 Å². The molecule has 1 aliphatic heterocycles. The van der Waals surface area contributed by atoms with E-state index < -0.39 is 5.66 Å². The molecule has 1 aromatic carbocycles. The van der Waals surface area contributed by atoms with Gasteiger partial charge >= 0.3 is 0 Å². The highest BCUT2D eigenvalue weighted by atomic mass is 79.9. The monoisotopic (exact) mass is 359 g/mol. The molecule has 0 radical (unpaired) electrons. The van der Waals surface area contributed by atoms with Crippen LogP contribution in [0.3, 0.4) is 0 Å². The summed E-state index contributed by atoms with van der Waals surface area (Å²) in [5.41, 5.74) is 11.5. The summed E-state index contributed by atoms with van der Waals surface area (Å²) in [6.45, 7) is 3.89.